The lowest BCUT2D eigenvalue weighted by Crippen LogP contribution is -2.38. The first kappa shape index (κ1) is 15.5. The van der Waals surface area contributed by atoms with Gasteiger partial charge >= 0.3 is 5.97 Å². The molecule has 0 radical (unpaired) electrons. The van der Waals surface area contributed by atoms with Crippen LogP contribution in [0.2, 0.25) is 0 Å². The van der Waals surface area contributed by atoms with Gasteiger partial charge in [-0.25, -0.2) is 4.79 Å². The quantitative estimate of drug-likeness (QED) is 0.895. The smallest absolute Gasteiger partial charge is 0.330 e. The van der Waals surface area contributed by atoms with Crippen LogP contribution in [-0.4, -0.2) is 17.0 Å². The Hall–Kier alpha value is -1.84. The van der Waals surface area contributed by atoms with Crippen molar-refractivity contribution in [2.75, 3.05) is 0 Å². The molecule has 1 amide bonds. The zero-order valence-corrected chi connectivity index (χ0v) is 12.7. The summed E-state index contributed by atoms with van der Waals surface area (Å²) in [6.07, 6.45) is 5.01. The van der Waals surface area contributed by atoms with Crippen LogP contribution >= 0.6 is 0 Å². The third-order valence-electron chi connectivity index (χ3n) is 4.09. The summed E-state index contributed by atoms with van der Waals surface area (Å²) in [4.78, 5) is 23.8. The van der Waals surface area contributed by atoms with E-state index >= 15 is 0 Å². The molecule has 21 heavy (non-hydrogen) atoms. The van der Waals surface area contributed by atoms with Gasteiger partial charge in [0.1, 0.15) is 0 Å². The maximum absolute atomic E-state index is 12.3. The Kier molecular flexibility index (Phi) is 4.99. The van der Waals surface area contributed by atoms with E-state index in [0.717, 1.165) is 36.8 Å². The normalized spacial score (nSPS) is 17.2. The van der Waals surface area contributed by atoms with Crippen LogP contribution in [0.15, 0.2) is 18.2 Å². The van der Waals surface area contributed by atoms with E-state index in [-0.39, 0.29) is 11.8 Å². The van der Waals surface area contributed by atoms with E-state index in [4.69, 9.17) is 0 Å². The zero-order valence-electron chi connectivity index (χ0n) is 12.7. The van der Waals surface area contributed by atoms with Crippen molar-refractivity contribution in [2.24, 2.45) is 5.92 Å². The number of nitrogens with one attached hydrogen (secondary N) is 1. The topological polar surface area (TPSA) is 66.4 Å². The molecule has 0 spiro atoms. The molecule has 1 aromatic carbocycles. The lowest BCUT2D eigenvalue weighted by atomic mass is 9.88. The second kappa shape index (κ2) is 6.74. The van der Waals surface area contributed by atoms with Gasteiger partial charge in [0.25, 0.3) is 0 Å². The number of carboxylic acid groups (broad SMARTS) is 1. The highest BCUT2D eigenvalue weighted by Gasteiger charge is 2.27. The van der Waals surface area contributed by atoms with Crippen LogP contribution in [0.5, 0.6) is 0 Å². The van der Waals surface area contributed by atoms with Crippen molar-refractivity contribution in [3.63, 3.8) is 0 Å². The molecule has 1 unspecified atom stereocenters. The lowest BCUT2D eigenvalue weighted by Gasteiger charge is -2.23. The predicted octanol–water partition coefficient (Wildman–Crippen LogP) is 3.13. The van der Waals surface area contributed by atoms with Crippen molar-refractivity contribution in [3.8, 4) is 0 Å². The number of aliphatic carboxylic acids is 1. The van der Waals surface area contributed by atoms with Crippen molar-refractivity contribution in [1.29, 1.82) is 0 Å². The average molecular weight is 289 g/mol. The molecule has 1 fully saturated rings. The molecule has 2 rings (SSSR count). The number of hydrogen-bond acceptors (Lipinski definition) is 2. The molecule has 0 aromatic heterocycles. The van der Waals surface area contributed by atoms with Gasteiger partial charge < -0.3 is 10.4 Å². The molecule has 1 aliphatic carbocycles. The van der Waals surface area contributed by atoms with E-state index in [2.05, 4.69) is 5.32 Å². The van der Waals surface area contributed by atoms with Gasteiger partial charge in [0, 0.05) is 5.92 Å². The largest absolute Gasteiger partial charge is 0.479 e. The molecule has 2 N–H and O–H groups in total. The zero-order chi connectivity index (χ0) is 15.4. The highest BCUT2D eigenvalue weighted by molar-refractivity contribution is 5.86. The number of aryl methyl sites for hydroxylation is 2. The van der Waals surface area contributed by atoms with Gasteiger partial charge in [0.15, 0.2) is 6.04 Å². The van der Waals surface area contributed by atoms with Gasteiger partial charge in [-0.1, -0.05) is 48.6 Å². The first-order valence-electron chi connectivity index (χ1n) is 7.59. The summed E-state index contributed by atoms with van der Waals surface area (Å²) in [5, 5.41) is 12.2. The minimum Gasteiger partial charge on any atom is -0.479 e. The molecule has 4 nitrogen and oxygen atoms in total. The molecule has 1 atom stereocenters. The van der Waals surface area contributed by atoms with Crippen molar-refractivity contribution < 1.29 is 14.7 Å². The van der Waals surface area contributed by atoms with Crippen LogP contribution in [-0.2, 0) is 9.59 Å². The number of hydrogen-bond donors (Lipinski definition) is 2. The molecule has 0 saturated heterocycles. The third-order valence-corrected chi connectivity index (χ3v) is 4.09. The van der Waals surface area contributed by atoms with Gasteiger partial charge in [-0.3, -0.25) is 4.79 Å². The Balaban J connectivity index is 2.15. The van der Waals surface area contributed by atoms with Crippen molar-refractivity contribution in [2.45, 2.75) is 52.0 Å². The summed E-state index contributed by atoms with van der Waals surface area (Å²) < 4.78 is 0. The van der Waals surface area contributed by atoms with Crippen LogP contribution in [0.1, 0.15) is 54.8 Å². The molecule has 1 aliphatic rings. The fourth-order valence-electron chi connectivity index (χ4n) is 3.09. The number of amides is 1. The van der Waals surface area contributed by atoms with Gasteiger partial charge in [0.2, 0.25) is 5.91 Å². The number of carbonyl (C=O) groups excluding carboxylic acids is 1. The van der Waals surface area contributed by atoms with E-state index in [0.29, 0.717) is 5.56 Å². The number of benzene rings is 1. The third kappa shape index (κ3) is 4.06. The average Bonchev–Trinajstić information content (AvgIpc) is 2.44. The number of carboxylic acids is 1. The van der Waals surface area contributed by atoms with Crippen molar-refractivity contribution >= 4 is 11.9 Å². The minimum atomic E-state index is -1.01. The Bertz CT molecular complexity index is 513. The van der Waals surface area contributed by atoms with Crippen molar-refractivity contribution in [3.05, 3.63) is 34.9 Å². The Morgan fingerprint density at radius 3 is 2.19 bits per heavy atom. The fourth-order valence-corrected chi connectivity index (χ4v) is 3.09. The van der Waals surface area contributed by atoms with Crippen LogP contribution in [0.25, 0.3) is 0 Å². The molecular weight excluding hydrogens is 266 g/mol. The van der Waals surface area contributed by atoms with Gasteiger partial charge in [-0.2, -0.15) is 0 Å². The Labute approximate surface area is 125 Å². The monoisotopic (exact) mass is 289 g/mol. The lowest BCUT2D eigenvalue weighted by molar-refractivity contribution is -0.142. The summed E-state index contributed by atoms with van der Waals surface area (Å²) in [6.45, 7) is 3.86. The molecule has 0 aliphatic heterocycles. The van der Waals surface area contributed by atoms with E-state index in [1.54, 1.807) is 0 Å². The van der Waals surface area contributed by atoms with Crippen molar-refractivity contribution in [1.82, 2.24) is 5.32 Å². The molecular formula is C17H23NO3. The summed E-state index contributed by atoms with van der Waals surface area (Å²) in [5.74, 6) is -1.17. The molecule has 0 bridgehead atoms. The van der Waals surface area contributed by atoms with Gasteiger partial charge in [-0.15, -0.1) is 0 Å². The SMILES string of the molecule is Cc1cc(C)cc(C(NC(=O)C2CCCCC2)C(=O)O)c1. The van der Waals surface area contributed by atoms with Gasteiger partial charge in [-0.05, 0) is 32.3 Å². The fraction of sp³-hybridized carbons (Fsp3) is 0.529. The second-order valence-electron chi connectivity index (χ2n) is 6.04. The van der Waals surface area contributed by atoms with Crippen LogP contribution in [0.3, 0.4) is 0 Å². The number of rotatable bonds is 4. The molecule has 0 heterocycles. The van der Waals surface area contributed by atoms with Crippen LogP contribution in [0, 0.1) is 19.8 Å². The van der Waals surface area contributed by atoms with Crippen LogP contribution < -0.4 is 5.32 Å². The van der Waals surface area contributed by atoms with E-state index in [1.807, 2.05) is 32.0 Å². The first-order chi connectivity index (χ1) is 9.97. The van der Waals surface area contributed by atoms with E-state index < -0.39 is 12.0 Å². The first-order valence-corrected chi connectivity index (χ1v) is 7.59. The summed E-state index contributed by atoms with van der Waals surface area (Å²) in [6, 6.07) is 4.68. The van der Waals surface area contributed by atoms with E-state index in [9.17, 15) is 14.7 Å². The highest BCUT2D eigenvalue weighted by Crippen LogP contribution is 2.25. The predicted molar refractivity (Wildman–Crippen MR) is 81.0 cm³/mol. The Morgan fingerprint density at radius 2 is 1.67 bits per heavy atom. The Morgan fingerprint density at radius 1 is 1.10 bits per heavy atom. The summed E-state index contributed by atoms with van der Waals surface area (Å²) >= 11 is 0. The standard InChI is InChI=1S/C17H23NO3/c1-11-8-12(2)10-14(9-11)15(17(20)21)18-16(19)13-6-4-3-5-7-13/h8-10,13,15H,3-7H2,1-2H3,(H,18,19)(H,20,21). The van der Waals surface area contributed by atoms with Crippen LogP contribution in [0.4, 0.5) is 0 Å². The van der Waals surface area contributed by atoms with E-state index in [1.165, 1.54) is 6.42 Å². The molecule has 4 heteroatoms. The van der Waals surface area contributed by atoms with Gasteiger partial charge in [0.05, 0.1) is 0 Å². The highest BCUT2D eigenvalue weighted by atomic mass is 16.4. The molecule has 114 valence electrons. The summed E-state index contributed by atoms with van der Waals surface area (Å²) in [5.41, 5.74) is 2.65. The minimum absolute atomic E-state index is 0.0356. The molecule has 1 saturated carbocycles. The molecule has 1 aromatic rings. The summed E-state index contributed by atoms with van der Waals surface area (Å²) in [7, 11) is 0. The maximum Gasteiger partial charge on any atom is 0.330 e. The number of carbonyl (C=O) groups is 2. The second-order valence-corrected chi connectivity index (χ2v) is 6.04. The maximum atomic E-state index is 12.3.